The van der Waals surface area contributed by atoms with Crippen LogP contribution in [0.25, 0.3) is 0 Å². The normalized spacial score (nSPS) is 25.3. The zero-order valence-electron chi connectivity index (χ0n) is 11.1. The van der Waals surface area contributed by atoms with Gasteiger partial charge in [-0.2, -0.15) is 0 Å². The van der Waals surface area contributed by atoms with Gasteiger partial charge in [0, 0.05) is 9.89 Å². The molecule has 0 amide bonds. The molecule has 1 saturated carbocycles. The third kappa shape index (κ3) is 2.13. The Kier molecular flexibility index (Phi) is 3.46. The highest BCUT2D eigenvalue weighted by Gasteiger charge is 2.56. The third-order valence-electron chi connectivity index (χ3n) is 4.20. The lowest BCUT2D eigenvalue weighted by Crippen LogP contribution is -2.19. The first kappa shape index (κ1) is 12.9. The molecule has 1 nitrogen and oxygen atoms in total. The molecule has 0 radical (unpaired) electrons. The smallest absolute Gasteiger partial charge is 0.0258 e. The van der Waals surface area contributed by atoms with Crippen molar-refractivity contribution in [1.82, 2.24) is 5.32 Å². The Morgan fingerprint density at radius 2 is 1.79 bits per heavy atom. The molecule has 1 N–H and O–H groups in total. The molecule has 1 aliphatic rings. The van der Waals surface area contributed by atoms with Gasteiger partial charge in [0.15, 0.2) is 0 Å². The highest BCUT2D eigenvalue weighted by Crippen LogP contribution is 2.59. The van der Waals surface area contributed by atoms with Crippen LogP contribution in [0.15, 0.2) is 59.1 Å². The molecule has 2 unspecified atom stereocenters. The maximum atomic E-state index is 3.73. The molecule has 0 aromatic heterocycles. The zero-order chi connectivity index (χ0) is 13.3. The molecule has 0 saturated heterocycles. The summed E-state index contributed by atoms with van der Waals surface area (Å²) in [6.45, 7) is 1.07. The molecule has 3 rings (SSSR count). The largest absolute Gasteiger partial charge is 0.319 e. The lowest BCUT2D eigenvalue weighted by Gasteiger charge is -2.20. The van der Waals surface area contributed by atoms with Crippen LogP contribution in [0.3, 0.4) is 0 Å². The first-order valence-electron chi connectivity index (χ1n) is 6.74. The molecule has 0 spiro atoms. The highest BCUT2D eigenvalue weighted by molar-refractivity contribution is 9.10. The van der Waals surface area contributed by atoms with Crippen molar-refractivity contribution < 1.29 is 0 Å². The topological polar surface area (TPSA) is 12.0 Å². The van der Waals surface area contributed by atoms with Crippen LogP contribution in [-0.4, -0.2) is 13.6 Å². The maximum absolute atomic E-state index is 3.73. The van der Waals surface area contributed by atoms with Crippen molar-refractivity contribution in [2.75, 3.05) is 13.6 Å². The van der Waals surface area contributed by atoms with Crippen molar-refractivity contribution in [3.8, 4) is 0 Å². The van der Waals surface area contributed by atoms with E-state index in [0.717, 1.165) is 6.54 Å². The summed E-state index contributed by atoms with van der Waals surface area (Å²) in [6.07, 6.45) is 1.22. The first-order valence-corrected chi connectivity index (χ1v) is 7.53. The van der Waals surface area contributed by atoms with Crippen molar-refractivity contribution in [3.63, 3.8) is 0 Å². The molecule has 2 heteroatoms. The van der Waals surface area contributed by atoms with Gasteiger partial charge in [-0.1, -0.05) is 64.5 Å². The number of rotatable bonds is 4. The van der Waals surface area contributed by atoms with Crippen LogP contribution >= 0.6 is 15.9 Å². The summed E-state index contributed by atoms with van der Waals surface area (Å²) < 4.78 is 1.22. The fraction of sp³-hybridized carbons (Fsp3) is 0.294. The standard InChI is InChI=1S/C17H18BrN/c1-19-12-14-11-17(14,13-7-3-2-4-8-13)15-9-5-6-10-16(15)18/h2-10,14,19H,11-12H2,1H3. The Morgan fingerprint density at radius 1 is 1.11 bits per heavy atom. The second-order valence-electron chi connectivity index (χ2n) is 5.28. The number of hydrogen-bond acceptors (Lipinski definition) is 1. The second kappa shape index (κ2) is 5.10. The highest BCUT2D eigenvalue weighted by atomic mass is 79.9. The van der Waals surface area contributed by atoms with Gasteiger partial charge in [-0.15, -0.1) is 0 Å². The minimum atomic E-state index is 0.185. The molecule has 2 aromatic carbocycles. The minimum absolute atomic E-state index is 0.185. The zero-order valence-corrected chi connectivity index (χ0v) is 12.7. The quantitative estimate of drug-likeness (QED) is 0.900. The van der Waals surface area contributed by atoms with E-state index in [0.29, 0.717) is 5.92 Å². The van der Waals surface area contributed by atoms with E-state index in [-0.39, 0.29) is 5.41 Å². The van der Waals surface area contributed by atoms with Gasteiger partial charge in [0.25, 0.3) is 0 Å². The average molecular weight is 316 g/mol. The number of nitrogens with one attached hydrogen (secondary N) is 1. The Bertz CT molecular complexity index is 566. The van der Waals surface area contributed by atoms with Crippen molar-refractivity contribution in [2.45, 2.75) is 11.8 Å². The Hall–Kier alpha value is -1.12. The summed E-state index contributed by atoms with van der Waals surface area (Å²) in [6, 6.07) is 19.5. The molecule has 2 aromatic rings. The van der Waals surface area contributed by atoms with E-state index in [1.54, 1.807) is 0 Å². The van der Waals surface area contributed by atoms with Gasteiger partial charge in [0.05, 0.1) is 0 Å². The molecule has 1 fully saturated rings. The van der Waals surface area contributed by atoms with E-state index in [1.807, 2.05) is 7.05 Å². The third-order valence-corrected chi connectivity index (χ3v) is 4.89. The summed E-state index contributed by atoms with van der Waals surface area (Å²) in [7, 11) is 2.04. The summed E-state index contributed by atoms with van der Waals surface area (Å²) in [5.41, 5.74) is 3.04. The minimum Gasteiger partial charge on any atom is -0.319 e. The van der Waals surface area contributed by atoms with Crippen LogP contribution in [0.2, 0.25) is 0 Å². The molecule has 2 atom stereocenters. The fourth-order valence-electron chi connectivity index (χ4n) is 3.22. The lowest BCUT2D eigenvalue weighted by molar-refractivity contribution is 0.640. The first-order chi connectivity index (χ1) is 9.29. The predicted octanol–water partition coefficient (Wildman–Crippen LogP) is 3.97. The number of hydrogen-bond donors (Lipinski definition) is 1. The van der Waals surface area contributed by atoms with Crippen LogP contribution in [-0.2, 0) is 5.41 Å². The Morgan fingerprint density at radius 3 is 2.47 bits per heavy atom. The number of benzene rings is 2. The van der Waals surface area contributed by atoms with Gasteiger partial charge >= 0.3 is 0 Å². The Balaban J connectivity index is 2.08. The molecular weight excluding hydrogens is 298 g/mol. The monoisotopic (exact) mass is 315 g/mol. The predicted molar refractivity (Wildman–Crippen MR) is 83.4 cm³/mol. The van der Waals surface area contributed by atoms with Crippen LogP contribution in [0, 0.1) is 5.92 Å². The summed E-state index contributed by atoms with van der Waals surface area (Å²) >= 11 is 3.73. The summed E-state index contributed by atoms with van der Waals surface area (Å²) in [4.78, 5) is 0. The molecule has 1 aliphatic carbocycles. The van der Waals surface area contributed by atoms with E-state index < -0.39 is 0 Å². The van der Waals surface area contributed by atoms with Gasteiger partial charge in [0.1, 0.15) is 0 Å². The van der Waals surface area contributed by atoms with Gasteiger partial charge < -0.3 is 5.32 Å². The van der Waals surface area contributed by atoms with E-state index in [4.69, 9.17) is 0 Å². The van der Waals surface area contributed by atoms with Gasteiger partial charge in [-0.3, -0.25) is 0 Å². The lowest BCUT2D eigenvalue weighted by atomic mass is 9.85. The van der Waals surface area contributed by atoms with Crippen molar-refractivity contribution in [3.05, 3.63) is 70.2 Å². The van der Waals surface area contributed by atoms with E-state index in [1.165, 1.54) is 22.0 Å². The molecule has 0 aliphatic heterocycles. The molecule has 0 bridgehead atoms. The van der Waals surface area contributed by atoms with E-state index >= 15 is 0 Å². The maximum Gasteiger partial charge on any atom is 0.0258 e. The average Bonchev–Trinajstić information content (AvgIpc) is 3.16. The van der Waals surface area contributed by atoms with Gasteiger partial charge in [0.2, 0.25) is 0 Å². The SMILES string of the molecule is CNCC1CC1(c1ccccc1)c1ccccc1Br. The molecule has 98 valence electrons. The Labute approximate surface area is 123 Å². The summed E-state index contributed by atoms with van der Waals surface area (Å²) in [5.74, 6) is 0.679. The van der Waals surface area contributed by atoms with Crippen molar-refractivity contribution in [2.24, 2.45) is 5.92 Å². The molecule has 19 heavy (non-hydrogen) atoms. The fourth-order valence-corrected chi connectivity index (χ4v) is 3.86. The van der Waals surface area contributed by atoms with Crippen LogP contribution in [0.5, 0.6) is 0 Å². The van der Waals surface area contributed by atoms with Crippen LogP contribution in [0.1, 0.15) is 17.5 Å². The van der Waals surface area contributed by atoms with Crippen molar-refractivity contribution >= 4 is 15.9 Å². The van der Waals surface area contributed by atoms with Gasteiger partial charge in [-0.25, -0.2) is 0 Å². The van der Waals surface area contributed by atoms with Crippen molar-refractivity contribution in [1.29, 1.82) is 0 Å². The van der Waals surface area contributed by atoms with Gasteiger partial charge in [-0.05, 0) is 43.1 Å². The van der Waals surface area contributed by atoms with Crippen LogP contribution in [0.4, 0.5) is 0 Å². The summed E-state index contributed by atoms with van der Waals surface area (Å²) in [5, 5.41) is 3.33. The molecule has 0 heterocycles. The number of halogens is 1. The molecular formula is C17H18BrN. The van der Waals surface area contributed by atoms with Crippen LogP contribution < -0.4 is 5.32 Å². The second-order valence-corrected chi connectivity index (χ2v) is 6.13. The van der Waals surface area contributed by atoms with E-state index in [2.05, 4.69) is 75.8 Å². The van der Waals surface area contributed by atoms with E-state index in [9.17, 15) is 0 Å².